The Morgan fingerprint density at radius 3 is 2.32 bits per heavy atom. The van der Waals surface area contributed by atoms with Gasteiger partial charge in [-0.3, -0.25) is 4.79 Å². The molecule has 1 aromatic carbocycles. The van der Waals surface area contributed by atoms with Gasteiger partial charge in [0.1, 0.15) is 0 Å². The summed E-state index contributed by atoms with van der Waals surface area (Å²) in [6.45, 7) is 4.25. The van der Waals surface area contributed by atoms with Gasteiger partial charge in [-0.25, -0.2) is 0 Å². The molecule has 1 aromatic heterocycles. The zero-order chi connectivity index (χ0) is 14.0. The van der Waals surface area contributed by atoms with Gasteiger partial charge in [0, 0.05) is 17.1 Å². The highest BCUT2D eigenvalue weighted by atomic mass is 16.5. The topological polar surface area (TPSA) is 51.3 Å². The van der Waals surface area contributed by atoms with E-state index in [4.69, 9.17) is 9.47 Å². The summed E-state index contributed by atoms with van der Waals surface area (Å²) in [7, 11) is 3.20. The number of rotatable bonds is 4. The number of hydrogen-bond donors (Lipinski definition) is 1. The molecule has 2 aromatic rings. The summed E-state index contributed by atoms with van der Waals surface area (Å²) < 4.78 is 10.6. The van der Waals surface area contributed by atoms with E-state index in [9.17, 15) is 4.79 Å². The highest BCUT2D eigenvalue weighted by Crippen LogP contribution is 2.32. The van der Waals surface area contributed by atoms with E-state index in [2.05, 4.69) is 18.8 Å². The van der Waals surface area contributed by atoms with Crippen LogP contribution in [0.5, 0.6) is 11.5 Å². The zero-order valence-electron chi connectivity index (χ0n) is 11.7. The van der Waals surface area contributed by atoms with Crippen LogP contribution in [0.25, 0.3) is 10.8 Å². The maximum absolute atomic E-state index is 11.7. The number of fused-ring (bicyclic) bond motifs is 1. The van der Waals surface area contributed by atoms with Crippen LogP contribution >= 0.6 is 0 Å². The van der Waals surface area contributed by atoms with Gasteiger partial charge in [-0.2, -0.15) is 0 Å². The maximum Gasteiger partial charge on any atom is 0.248 e. The molecule has 0 aliphatic heterocycles. The van der Waals surface area contributed by atoms with Crippen molar-refractivity contribution in [2.45, 2.75) is 20.3 Å². The largest absolute Gasteiger partial charge is 0.493 e. The van der Waals surface area contributed by atoms with Crippen LogP contribution in [0.2, 0.25) is 0 Å². The first-order chi connectivity index (χ1) is 9.05. The van der Waals surface area contributed by atoms with Gasteiger partial charge in [0.25, 0.3) is 0 Å². The van der Waals surface area contributed by atoms with E-state index in [0.29, 0.717) is 17.4 Å². The number of H-pyrrole nitrogens is 1. The van der Waals surface area contributed by atoms with Gasteiger partial charge in [0.05, 0.1) is 14.2 Å². The molecule has 102 valence electrons. The highest BCUT2D eigenvalue weighted by molar-refractivity contribution is 5.87. The second-order valence-electron chi connectivity index (χ2n) is 5.00. The second-order valence-corrected chi connectivity index (χ2v) is 5.00. The molecule has 0 atom stereocenters. The van der Waals surface area contributed by atoms with Crippen molar-refractivity contribution >= 4 is 10.8 Å². The summed E-state index contributed by atoms with van der Waals surface area (Å²) in [5, 5.41) is 1.88. The Kier molecular flexibility index (Phi) is 3.79. The van der Waals surface area contributed by atoms with Gasteiger partial charge < -0.3 is 14.5 Å². The van der Waals surface area contributed by atoms with Crippen molar-refractivity contribution in [1.29, 1.82) is 0 Å². The summed E-state index contributed by atoms with van der Waals surface area (Å²) >= 11 is 0. The van der Waals surface area contributed by atoms with Crippen LogP contribution < -0.4 is 15.0 Å². The third-order valence-corrected chi connectivity index (χ3v) is 3.05. The molecule has 4 heteroatoms. The van der Waals surface area contributed by atoms with E-state index < -0.39 is 0 Å². The molecule has 0 fully saturated rings. The van der Waals surface area contributed by atoms with Gasteiger partial charge in [-0.15, -0.1) is 0 Å². The van der Waals surface area contributed by atoms with Gasteiger partial charge >= 0.3 is 0 Å². The summed E-state index contributed by atoms with van der Waals surface area (Å²) in [6.07, 6.45) is 0.821. The predicted molar refractivity (Wildman–Crippen MR) is 76.2 cm³/mol. The van der Waals surface area contributed by atoms with Gasteiger partial charge in [0.15, 0.2) is 11.5 Å². The van der Waals surface area contributed by atoms with E-state index in [0.717, 1.165) is 22.9 Å². The van der Waals surface area contributed by atoms with Crippen LogP contribution in [0.1, 0.15) is 19.5 Å². The van der Waals surface area contributed by atoms with E-state index in [1.54, 1.807) is 20.3 Å². The summed E-state index contributed by atoms with van der Waals surface area (Å²) in [4.78, 5) is 14.6. The first-order valence-corrected chi connectivity index (χ1v) is 6.33. The Bertz CT molecular complexity index is 644. The number of ether oxygens (including phenoxy) is 2. The minimum atomic E-state index is -0.0876. The van der Waals surface area contributed by atoms with E-state index in [1.165, 1.54) is 0 Å². The smallest absolute Gasteiger partial charge is 0.248 e. The Hall–Kier alpha value is -1.97. The fraction of sp³-hybridized carbons (Fsp3) is 0.400. The number of nitrogens with one attached hydrogen (secondary N) is 1. The fourth-order valence-electron chi connectivity index (χ4n) is 2.24. The van der Waals surface area contributed by atoms with Crippen LogP contribution in [-0.2, 0) is 6.42 Å². The molecule has 0 saturated carbocycles. The Balaban J connectivity index is 2.71. The standard InChI is InChI=1S/C15H19NO3/c1-9(2)5-12-11-8-14(19-4)13(18-3)6-10(11)7-15(17)16-12/h6-9H,5H2,1-4H3,(H,16,17). The van der Waals surface area contributed by atoms with Crippen LogP contribution in [0.3, 0.4) is 0 Å². The summed E-state index contributed by atoms with van der Waals surface area (Å²) in [5.74, 6) is 1.78. The van der Waals surface area contributed by atoms with Gasteiger partial charge in [-0.05, 0) is 29.9 Å². The molecule has 2 rings (SSSR count). The molecule has 0 amide bonds. The number of methoxy groups -OCH3 is 2. The molecule has 0 unspecified atom stereocenters. The predicted octanol–water partition coefficient (Wildman–Crippen LogP) is 2.74. The summed E-state index contributed by atoms with van der Waals surface area (Å²) in [6, 6.07) is 5.34. The molecule has 0 bridgehead atoms. The lowest BCUT2D eigenvalue weighted by Crippen LogP contribution is -2.10. The number of aromatic amines is 1. The van der Waals surface area contributed by atoms with Crippen molar-refractivity contribution in [1.82, 2.24) is 4.98 Å². The highest BCUT2D eigenvalue weighted by Gasteiger charge is 2.11. The molecule has 0 aliphatic rings. The third kappa shape index (κ3) is 2.72. The van der Waals surface area contributed by atoms with Crippen molar-refractivity contribution in [2.24, 2.45) is 5.92 Å². The molecule has 19 heavy (non-hydrogen) atoms. The minimum absolute atomic E-state index is 0.0876. The Labute approximate surface area is 112 Å². The van der Waals surface area contributed by atoms with E-state index in [-0.39, 0.29) is 5.56 Å². The first-order valence-electron chi connectivity index (χ1n) is 6.33. The lowest BCUT2D eigenvalue weighted by atomic mass is 10.0. The molecule has 1 N–H and O–H groups in total. The SMILES string of the molecule is COc1cc2cc(=O)[nH]c(CC(C)C)c2cc1OC. The van der Waals surface area contributed by atoms with Crippen molar-refractivity contribution in [2.75, 3.05) is 14.2 Å². The van der Waals surface area contributed by atoms with Crippen molar-refractivity contribution < 1.29 is 9.47 Å². The van der Waals surface area contributed by atoms with Crippen LogP contribution in [0.4, 0.5) is 0 Å². The average molecular weight is 261 g/mol. The molecule has 0 aliphatic carbocycles. The van der Waals surface area contributed by atoms with E-state index >= 15 is 0 Å². The normalized spacial score (nSPS) is 11.0. The van der Waals surface area contributed by atoms with Crippen molar-refractivity contribution in [3.8, 4) is 11.5 Å². The minimum Gasteiger partial charge on any atom is -0.493 e. The third-order valence-electron chi connectivity index (χ3n) is 3.05. The number of aromatic nitrogens is 1. The van der Waals surface area contributed by atoms with Gasteiger partial charge in [-0.1, -0.05) is 13.8 Å². The monoisotopic (exact) mass is 261 g/mol. The Morgan fingerprint density at radius 2 is 1.74 bits per heavy atom. The van der Waals surface area contributed by atoms with Crippen LogP contribution in [0.15, 0.2) is 23.0 Å². The molecular formula is C15H19NO3. The molecule has 0 radical (unpaired) electrons. The summed E-state index contributed by atoms with van der Waals surface area (Å²) in [5.41, 5.74) is 0.855. The lowest BCUT2D eigenvalue weighted by molar-refractivity contribution is 0.356. The quantitative estimate of drug-likeness (QED) is 0.920. The lowest BCUT2D eigenvalue weighted by Gasteiger charge is -2.12. The maximum atomic E-state index is 11.7. The molecule has 0 spiro atoms. The molecule has 0 saturated heterocycles. The van der Waals surface area contributed by atoms with Crippen molar-refractivity contribution in [3.05, 3.63) is 34.2 Å². The molecule has 1 heterocycles. The molecular weight excluding hydrogens is 242 g/mol. The molecule has 4 nitrogen and oxygen atoms in total. The number of pyridine rings is 1. The first kappa shape index (κ1) is 13.5. The Morgan fingerprint density at radius 1 is 1.11 bits per heavy atom. The van der Waals surface area contributed by atoms with Crippen LogP contribution in [-0.4, -0.2) is 19.2 Å². The fourth-order valence-corrected chi connectivity index (χ4v) is 2.24. The van der Waals surface area contributed by atoms with E-state index in [1.807, 2.05) is 12.1 Å². The number of hydrogen-bond acceptors (Lipinski definition) is 3. The zero-order valence-corrected chi connectivity index (χ0v) is 11.7. The van der Waals surface area contributed by atoms with Crippen LogP contribution in [0, 0.1) is 5.92 Å². The number of benzene rings is 1. The van der Waals surface area contributed by atoms with Crippen molar-refractivity contribution in [3.63, 3.8) is 0 Å². The second kappa shape index (κ2) is 5.34. The average Bonchev–Trinajstić information content (AvgIpc) is 2.36. The van der Waals surface area contributed by atoms with Gasteiger partial charge in [0.2, 0.25) is 5.56 Å².